The van der Waals surface area contributed by atoms with Crippen molar-refractivity contribution >= 4 is 17.2 Å². The molecule has 1 amide bonds. The minimum Gasteiger partial charge on any atom is -0.396 e. The minimum absolute atomic E-state index is 0.0438. The van der Waals surface area contributed by atoms with Crippen LogP contribution in [0.25, 0.3) is 0 Å². The van der Waals surface area contributed by atoms with Crippen LogP contribution in [0.3, 0.4) is 0 Å². The van der Waals surface area contributed by atoms with Gasteiger partial charge in [0.25, 0.3) is 5.91 Å². The summed E-state index contributed by atoms with van der Waals surface area (Å²) >= 11 is 1.56. The predicted octanol–water partition coefficient (Wildman–Crippen LogP) is 2.68. The maximum atomic E-state index is 12.3. The topological polar surface area (TPSA) is 40.5 Å². The van der Waals surface area contributed by atoms with E-state index < -0.39 is 0 Å². The summed E-state index contributed by atoms with van der Waals surface area (Å²) < 4.78 is 0. The van der Waals surface area contributed by atoms with Gasteiger partial charge in [0.1, 0.15) is 0 Å². The number of aliphatic hydroxyl groups is 1. The van der Waals surface area contributed by atoms with Gasteiger partial charge in [-0.2, -0.15) is 0 Å². The van der Waals surface area contributed by atoms with E-state index >= 15 is 0 Å². The van der Waals surface area contributed by atoms with Crippen LogP contribution in [-0.2, 0) is 0 Å². The van der Waals surface area contributed by atoms with E-state index in [2.05, 4.69) is 6.92 Å². The number of thiophene rings is 1. The monoisotopic (exact) mass is 267 g/mol. The third-order valence-corrected chi connectivity index (χ3v) is 5.14. The lowest BCUT2D eigenvalue weighted by atomic mass is 9.77. The smallest absolute Gasteiger partial charge is 0.263 e. The summed E-state index contributed by atoms with van der Waals surface area (Å²) in [6.07, 6.45) is 2.82. The van der Waals surface area contributed by atoms with E-state index in [0.717, 1.165) is 37.2 Å². The molecule has 3 nitrogen and oxygen atoms in total. The molecule has 0 aliphatic carbocycles. The third-order valence-electron chi connectivity index (χ3n) is 4.15. The highest BCUT2D eigenvalue weighted by Crippen LogP contribution is 2.34. The number of hydrogen-bond acceptors (Lipinski definition) is 3. The Morgan fingerprint density at radius 1 is 1.44 bits per heavy atom. The molecule has 0 atom stereocenters. The van der Waals surface area contributed by atoms with Gasteiger partial charge in [-0.3, -0.25) is 4.79 Å². The van der Waals surface area contributed by atoms with E-state index in [-0.39, 0.29) is 17.9 Å². The lowest BCUT2D eigenvalue weighted by Crippen LogP contribution is -2.44. The van der Waals surface area contributed by atoms with Gasteiger partial charge in [-0.15, -0.1) is 11.3 Å². The van der Waals surface area contributed by atoms with Crippen molar-refractivity contribution < 1.29 is 9.90 Å². The van der Waals surface area contributed by atoms with Gasteiger partial charge in [-0.25, -0.2) is 0 Å². The van der Waals surface area contributed by atoms with Crippen LogP contribution in [0.15, 0.2) is 12.1 Å². The Kier molecular flexibility index (Phi) is 4.07. The van der Waals surface area contributed by atoms with Crippen LogP contribution in [0, 0.1) is 12.3 Å². The molecule has 0 aromatic carbocycles. The highest BCUT2D eigenvalue weighted by atomic mass is 32.1. The van der Waals surface area contributed by atoms with Crippen LogP contribution in [-0.4, -0.2) is 35.6 Å². The van der Waals surface area contributed by atoms with E-state index in [1.807, 2.05) is 24.0 Å². The van der Waals surface area contributed by atoms with E-state index in [0.29, 0.717) is 0 Å². The molecule has 1 aliphatic heterocycles. The van der Waals surface area contributed by atoms with Crippen LogP contribution in [0.1, 0.15) is 40.7 Å². The molecule has 1 saturated heterocycles. The molecule has 2 heterocycles. The molecule has 0 spiro atoms. The quantitative estimate of drug-likeness (QED) is 0.914. The Hall–Kier alpha value is -0.870. The van der Waals surface area contributed by atoms with E-state index in [4.69, 9.17) is 0 Å². The van der Waals surface area contributed by atoms with Crippen molar-refractivity contribution in [2.75, 3.05) is 19.7 Å². The van der Waals surface area contributed by atoms with Crippen molar-refractivity contribution in [2.24, 2.45) is 5.41 Å². The number of hydrogen-bond donors (Lipinski definition) is 1. The zero-order valence-corrected chi connectivity index (χ0v) is 11.9. The molecule has 0 radical (unpaired) electrons. The van der Waals surface area contributed by atoms with E-state index in [1.165, 1.54) is 4.88 Å². The second-order valence-electron chi connectivity index (χ2n) is 5.21. The van der Waals surface area contributed by atoms with Crippen LogP contribution in [0.5, 0.6) is 0 Å². The number of nitrogens with zero attached hydrogens (tertiary/aromatic N) is 1. The Bertz CT molecular complexity index is 413. The predicted molar refractivity (Wildman–Crippen MR) is 74.0 cm³/mol. The standard InChI is InChI=1S/C14H21NO2S/c1-3-14(10-16)6-8-15(9-7-14)13(17)12-5-4-11(2)18-12/h4-5,16H,3,6-10H2,1-2H3. The zero-order chi connectivity index (χ0) is 13.2. The first-order valence-electron chi connectivity index (χ1n) is 6.57. The van der Waals surface area contributed by atoms with Gasteiger partial charge in [-0.05, 0) is 43.7 Å². The highest BCUT2D eigenvalue weighted by Gasteiger charge is 2.34. The summed E-state index contributed by atoms with van der Waals surface area (Å²) in [5.41, 5.74) is 0.0438. The first-order chi connectivity index (χ1) is 8.60. The van der Waals surface area contributed by atoms with Crippen molar-refractivity contribution in [3.05, 3.63) is 21.9 Å². The molecule has 18 heavy (non-hydrogen) atoms. The largest absolute Gasteiger partial charge is 0.396 e. The minimum atomic E-state index is 0.0438. The second-order valence-corrected chi connectivity index (χ2v) is 6.50. The van der Waals surface area contributed by atoms with E-state index in [9.17, 15) is 9.90 Å². The van der Waals surface area contributed by atoms with Gasteiger partial charge in [0, 0.05) is 24.6 Å². The summed E-state index contributed by atoms with van der Waals surface area (Å²) in [7, 11) is 0. The lowest BCUT2D eigenvalue weighted by Gasteiger charge is -2.40. The fraction of sp³-hybridized carbons (Fsp3) is 0.643. The molecule has 1 aromatic rings. The molecular formula is C14H21NO2S. The Morgan fingerprint density at radius 3 is 2.56 bits per heavy atom. The molecule has 1 aliphatic rings. The van der Waals surface area contributed by atoms with Gasteiger partial charge in [0.15, 0.2) is 0 Å². The van der Waals surface area contributed by atoms with Gasteiger partial charge in [-0.1, -0.05) is 6.92 Å². The molecule has 2 rings (SSSR count). The molecule has 1 fully saturated rings. The fourth-order valence-corrected chi connectivity index (χ4v) is 3.35. The Labute approximate surface area is 112 Å². The number of piperidine rings is 1. The lowest BCUT2D eigenvalue weighted by molar-refractivity contribution is 0.0341. The number of aliphatic hydroxyl groups excluding tert-OH is 1. The van der Waals surface area contributed by atoms with Crippen LogP contribution in [0.4, 0.5) is 0 Å². The average molecular weight is 267 g/mol. The first kappa shape index (κ1) is 13.6. The third kappa shape index (κ3) is 2.59. The maximum absolute atomic E-state index is 12.3. The second kappa shape index (κ2) is 5.41. The number of aryl methyl sites for hydroxylation is 1. The van der Waals surface area contributed by atoms with Gasteiger partial charge in [0.05, 0.1) is 4.88 Å². The van der Waals surface area contributed by atoms with Gasteiger partial charge >= 0.3 is 0 Å². The highest BCUT2D eigenvalue weighted by molar-refractivity contribution is 7.13. The fourth-order valence-electron chi connectivity index (χ4n) is 2.51. The molecule has 4 heteroatoms. The molecular weight excluding hydrogens is 246 g/mol. The maximum Gasteiger partial charge on any atom is 0.263 e. The summed E-state index contributed by atoms with van der Waals surface area (Å²) in [5, 5.41) is 9.49. The summed E-state index contributed by atoms with van der Waals surface area (Å²) in [4.78, 5) is 16.2. The van der Waals surface area contributed by atoms with Crippen molar-refractivity contribution in [3.8, 4) is 0 Å². The number of likely N-dealkylation sites (tertiary alicyclic amines) is 1. The van der Waals surface area contributed by atoms with E-state index in [1.54, 1.807) is 11.3 Å². The van der Waals surface area contributed by atoms with Crippen molar-refractivity contribution in [1.29, 1.82) is 0 Å². The van der Waals surface area contributed by atoms with Crippen LogP contribution >= 0.6 is 11.3 Å². The summed E-state index contributed by atoms with van der Waals surface area (Å²) in [5.74, 6) is 0.149. The molecule has 100 valence electrons. The van der Waals surface area contributed by atoms with Crippen molar-refractivity contribution in [1.82, 2.24) is 4.90 Å². The van der Waals surface area contributed by atoms with Crippen LogP contribution in [0.2, 0.25) is 0 Å². The normalized spacial score (nSPS) is 18.9. The van der Waals surface area contributed by atoms with Crippen molar-refractivity contribution in [3.63, 3.8) is 0 Å². The Balaban J connectivity index is 1.99. The zero-order valence-electron chi connectivity index (χ0n) is 11.1. The summed E-state index contributed by atoms with van der Waals surface area (Å²) in [6, 6.07) is 3.90. The number of rotatable bonds is 3. The summed E-state index contributed by atoms with van der Waals surface area (Å²) in [6.45, 7) is 5.92. The molecule has 0 bridgehead atoms. The van der Waals surface area contributed by atoms with Gasteiger partial charge < -0.3 is 10.0 Å². The molecule has 0 unspecified atom stereocenters. The van der Waals surface area contributed by atoms with Gasteiger partial charge in [0.2, 0.25) is 0 Å². The van der Waals surface area contributed by atoms with Crippen LogP contribution < -0.4 is 0 Å². The number of carbonyl (C=O) groups is 1. The number of amides is 1. The SMILES string of the molecule is CCC1(CO)CCN(C(=O)c2ccc(C)s2)CC1. The average Bonchev–Trinajstić information content (AvgIpc) is 2.85. The molecule has 0 saturated carbocycles. The molecule has 1 aromatic heterocycles. The Morgan fingerprint density at radius 2 is 2.11 bits per heavy atom. The number of carbonyl (C=O) groups excluding carboxylic acids is 1. The molecule has 1 N–H and O–H groups in total. The van der Waals surface area contributed by atoms with Crippen molar-refractivity contribution in [2.45, 2.75) is 33.1 Å². The first-order valence-corrected chi connectivity index (χ1v) is 7.38.